The van der Waals surface area contributed by atoms with Crippen LogP contribution in [0.5, 0.6) is 0 Å². The predicted octanol–water partition coefficient (Wildman–Crippen LogP) is -0.00540. The van der Waals surface area contributed by atoms with Crippen molar-refractivity contribution in [1.82, 2.24) is 0 Å². The van der Waals surface area contributed by atoms with Crippen LogP contribution >= 0.6 is 0 Å². The molecule has 1 aromatic rings. The first-order valence-corrected chi connectivity index (χ1v) is 5.41. The number of rotatable bonds is 0. The van der Waals surface area contributed by atoms with Crippen LogP contribution in [-0.2, 0) is 14.6 Å². The Morgan fingerprint density at radius 3 is 2.79 bits per heavy atom. The average molecular weight is 212 g/mol. The lowest BCUT2D eigenvalue weighted by Crippen LogP contribution is -2.29. The number of nitrogen functional groups attached to an aromatic ring is 1. The lowest BCUT2D eigenvalue weighted by molar-refractivity contribution is -0.110. The van der Waals surface area contributed by atoms with Gasteiger partial charge in [-0.2, -0.15) is 0 Å². The number of carbonyl (C=O) groups is 1. The lowest BCUT2D eigenvalue weighted by Gasteiger charge is -2.17. The second-order valence-electron chi connectivity index (χ2n) is 2.98. The number of benzene rings is 1. The van der Waals surface area contributed by atoms with Crippen molar-refractivity contribution in [3.63, 3.8) is 0 Å². The minimum Gasteiger partial charge on any atom is -0.399 e. The maximum absolute atomic E-state index is 11.5. The van der Waals surface area contributed by atoms with Gasteiger partial charge in [-0.1, -0.05) is 0 Å². The minimum absolute atomic E-state index is 0.0336. The smallest absolute Gasteiger partial charge is 0.270 e. The Morgan fingerprint density at radius 2 is 2.07 bits per heavy atom. The van der Waals surface area contributed by atoms with Crippen LogP contribution in [0.25, 0.3) is 0 Å². The number of nitrogens with one attached hydrogen (secondary N) is 1. The summed E-state index contributed by atoms with van der Waals surface area (Å²) in [6, 6.07) is 4.42. The molecule has 1 aromatic carbocycles. The summed E-state index contributed by atoms with van der Waals surface area (Å²) < 4.78 is 23.0. The van der Waals surface area contributed by atoms with Gasteiger partial charge in [-0.3, -0.25) is 4.79 Å². The molecule has 0 aliphatic carbocycles. The highest BCUT2D eigenvalue weighted by Gasteiger charge is 2.31. The highest BCUT2D eigenvalue weighted by atomic mass is 32.2. The number of hydrogen-bond acceptors (Lipinski definition) is 5. The molecule has 0 unspecified atom stereocenters. The topological polar surface area (TPSA) is 89.3 Å². The van der Waals surface area contributed by atoms with Crippen LogP contribution in [0.1, 0.15) is 0 Å². The fourth-order valence-electron chi connectivity index (χ4n) is 1.29. The summed E-state index contributed by atoms with van der Waals surface area (Å²) in [6.45, 7) is -0.181. The van der Waals surface area contributed by atoms with Gasteiger partial charge in [0.25, 0.3) is 5.12 Å². The molecule has 74 valence electrons. The van der Waals surface area contributed by atoms with Crippen molar-refractivity contribution in [2.45, 2.75) is 4.90 Å². The number of nitrogens with two attached hydrogens (primary N) is 1. The van der Waals surface area contributed by atoms with Gasteiger partial charge < -0.3 is 11.1 Å². The highest BCUT2D eigenvalue weighted by Crippen LogP contribution is 2.28. The third-order valence-electron chi connectivity index (χ3n) is 2.02. The highest BCUT2D eigenvalue weighted by molar-refractivity contribution is 8.06. The van der Waals surface area contributed by atoms with Gasteiger partial charge in [-0.25, -0.2) is 8.42 Å². The standard InChI is InChI=1S/C8H8N2O3S/c9-5-1-2-6-7(3-5)14(12,13)8(11)4-10-6/h1-3,10H,4,9H2. The van der Waals surface area contributed by atoms with Crippen LogP contribution in [0, 0.1) is 0 Å². The van der Waals surface area contributed by atoms with Crippen LogP contribution in [-0.4, -0.2) is 20.1 Å². The van der Waals surface area contributed by atoms with Crippen molar-refractivity contribution >= 4 is 26.3 Å². The molecule has 3 N–H and O–H groups in total. The zero-order chi connectivity index (χ0) is 10.3. The van der Waals surface area contributed by atoms with Crippen LogP contribution in [0.15, 0.2) is 23.1 Å². The molecule has 0 saturated carbocycles. The molecule has 1 aliphatic heterocycles. The first-order valence-electron chi connectivity index (χ1n) is 3.93. The van der Waals surface area contributed by atoms with Gasteiger partial charge in [0.15, 0.2) is 0 Å². The number of anilines is 2. The number of hydrogen-bond donors (Lipinski definition) is 2. The van der Waals surface area contributed by atoms with E-state index in [4.69, 9.17) is 5.73 Å². The fourth-order valence-corrected chi connectivity index (χ4v) is 2.52. The zero-order valence-corrected chi connectivity index (χ0v) is 7.97. The Labute approximate surface area is 80.8 Å². The Morgan fingerprint density at radius 1 is 1.36 bits per heavy atom. The average Bonchev–Trinajstić information content (AvgIpc) is 2.13. The van der Waals surface area contributed by atoms with E-state index in [1.54, 1.807) is 12.1 Å². The van der Waals surface area contributed by atoms with Crippen LogP contribution in [0.2, 0.25) is 0 Å². The Balaban J connectivity index is 2.74. The third kappa shape index (κ3) is 1.15. The fraction of sp³-hybridized carbons (Fsp3) is 0.125. The lowest BCUT2D eigenvalue weighted by atomic mass is 10.3. The van der Waals surface area contributed by atoms with Crippen molar-refractivity contribution < 1.29 is 13.2 Å². The molecule has 6 heteroatoms. The molecule has 0 spiro atoms. The van der Waals surface area contributed by atoms with Crippen LogP contribution < -0.4 is 11.1 Å². The van der Waals surface area contributed by atoms with E-state index in [1.165, 1.54) is 6.07 Å². The molecule has 5 nitrogen and oxygen atoms in total. The first-order chi connectivity index (χ1) is 6.51. The molecule has 0 atom stereocenters. The van der Waals surface area contributed by atoms with Crippen molar-refractivity contribution in [2.24, 2.45) is 0 Å². The molecular formula is C8H8N2O3S. The van der Waals surface area contributed by atoms with Crippen molar-refractivity contribution in [3.05, 3.63) is 18.2 Å². The van der Waals surface area contributed by atoms with Gasteiger partial charge in [0.1, 0.15) is 0 Å². The van der Waals surface area contributed by atoms with E-state index in [1.807, 2.05) is 0 Å². The van der Waals surface area contributed by atoms with Crippen molar-refractivity contribution in [1.29, 1.82) is 0 Å². The van der Waals surface area contributed by atoms with E-state index in [0.29, 0.717) is 11.4 Å². The predicted molar refractivity (Wildman–Crippen MR) is 51.5 cm³/mol. The summed E-state index contributed by atoms with van der Waals surface area (Å²) in [5.41, 5.74) is 6.20. The maximum Gasteiger partial charge on any atom is 0.270 e. The van der Waals surface area contributed by atoms with Gasteiger partial charge in [0.05, 0.1) is 17.1 Å². The summed E-state index contributed by atoms with van der Waals surface area (Å²) in [5.74, 6) is 0. The molecular weight excluding hydrogens is 204 g/mol. The van der Waals surface area contributed by atoms with Gasteiger partial charge in [-0.15, -0.1) is 0 Å². The quantitative estimate of drug-likeness (QED) is 0.590. The van der Waals surface area contributed by atoms with Gasteiger partial charge in [0, 0.05) is 5.69 Å². The van der Waals surface area contributed by atoms with Gasteiger partial charge in [-0.05, 0) is 18.2 Å². The largest absolute Gasteiger partial charge is 0.399 e. The maximum atomic E-state index is 11.5. The van der Waals surface area contributed by atoms with E-state index >= 15 is 0 Å². The molecule has 0 saturated heterocycles. The summed E-state index contributed by atoms with van der Waals surface area (Å²) >= 11 is 0. The SMILES string of the molecule is Nc1ccc2c(c1)S(=O)(=O)C(=O)CN2. The van der Waals surface area contributed by atoms with Gasteiger partial charge >= 0.3 is 0 Å². The summed E-state index contributed by atoms with van der Waals surface area (Å²) in [7, 11) is -3.82. The van der Waals surface area contributed by atoms with E-state index in [9.17, 15) is 13.2 Å². The number of fused-ring (bicyclic) bond motifs is 1. The molecule has 0 amide bonds. The Kier molecular flexibility index (Phi) is 1.75. The van der Waals surface area contributed by atoms with E-state index in [2.05, 4.69) is 5.32 Å². The molecule has 1 heterocycles. The molecule has 14 heavy (non-hydrogen) atoms. The Hall–Kier alpha value is -1.56. The van der Waals surface area contributed by atoms with E-state index < -0.39 is 15.0 Å². The molecule has 0 radical (unpaired) electrons. The van der Waals surface area contributed by atoms with Crippen LogP contribution in [0.3, 0.4) is 0 Å². The summed E-state index contributed by atoms with van der Waals surface area (Å²) in [4.78, 5) is 11.1. The Bertz CT molecular complexity index is 507. The number of sulfone groups is 1. The second-order valence-corrected chi connectivity index (χ2v) is 4.89. The van der Waals surface area contributed by atoms with E-state index in [0.717, 1.165) is 0 Å². The second kappa shape index (κ2) is 2.71. The van der Waals surface area contributed by atoms with Crippen molar-refractivity contribution in [3.8, 4) is 0 Å². The van der Waals surface area contributed by atoms with Gasteiger partial charge in [0.2, 0.25) is 9.84 Å². The summed E-state index contributed by atoms with van der Waals surface area (Å²) in [5, 5.41) is 1.89. The van der Waals surface area contributed by atoms with Crippen molar-refractivity contribution in [2.75, 3.05) is 17.6 Å². The van der Waals surface area contributed by atoms with Crippen LogP contribution in [0.4, 0.5) is 11.4 Å². The summed E-state index contributed by atoms with van der Waals surface area (Å²) in [6.07, 6.45) is 0. The van der Waals surface area contributed by atoms with E-state index in [-0.39, 0.29) is 11.4 Å². The number of carbonyl (C=O) groups excluding carboxylic acids is 1. The normalized spacial score (nSPS) is 18.4. The minimum atomic E-state index is -3.82. The third-order valence-corrected chi connectivity index (χ3v) is 3.68. The monoisotopic (exact) mass is 212 g/mol. The molecule has 0 fully saturated rings. The molecule has 0 aromatic heterocycles. The molecule has 2 rings (SSSR count). The molecule has 1 aliphatic rings. The first kappa shape index (κ1) is 9.01. The molecule has 0 bridgehead atoms. The zero-order valence-electron chi connectivity index (χ0n) is 7.15.